The average Bonchev–Trinajstić information content (AvgIpc) is 2.24. The molecule has 7 heteroatoms. The Labute approximate surface area is 99.1 Å². The molecule has 0 rings (SSSR count). The van der Waals surface area contributed by atoms with E-state index >= 15 is 0 Å². The Morgan fingerprint density at radius 2 is 2.12 bits per heavy atom. The average molecular weight is 253 g/mol. The van der Waals surface area contributed by atoms with Gasteiger partial charge in [-0.3, -0.25) is 4.79 Å². The first-order valence-corrected chi connectivity index (χ1v) is 6.04. The van der Waals surface area contributed by atoms with Crippen LogP contribution in [0.2, 0.25) is 0 Å². The van der Waals surface area contributed by atoms with Crippen LogP contribution in [0.5, 0.6) is 0 Å². The van der Waals surface area contributed by atoms with Crippen LogP contribution in [0, 0.1) is 0 Å². The molecule has 0 aliphatic carbocycles. The lowest BCUT2D eigenvalue weighted by Gasteiger charge is -2.11. The molecule has 2 atom stereocenters. The molecule has 0 aromatic heterocycles. The number of methoxy groups -OCH3 is 1. The number of carboxylic acids is 1. The highest BCUT2D eigenvalue weighted by Gasteiger charge is 2.12. The van der Waals surface area contributed by atoms with Crippen molar-refractivity contribution in [1.29, 1.82) is 0 Å². The highest BCUT2D eigenvalue weighted by molar-refractivity contribution is 7.99. The van der Waals surface area contributed by atoms with Crippen LogP contribution < -0.4 is 5.73 Å². The number of ether oxygens (including phenoxy) is 2. The summed E-state index contributed by atoms with van der Waals surface area (Å²) in [7, 11) is 1.57. The van der Waals surface area contributed by atoms with Gasteiger partial charge in [0.25, 0.3) is 0 Å². The number of rotatable bonds is 10. The van der Waals surface area contributed by atoms with Crippen molar-refractivity contribution in [3.63, 3.8) is 0 Å². The molecule has 0 aromatic carbocycles. The minimum atomic E-state index is -1.03. The molecule has 0 saturated heterocycles. The van der Waals surface area contributed by atoms with Crippen molar-refractivity contribution in [2.75, 3.05) is 38.4 Å². The monoisotopic (exact) mass is 253 g/mol. The first-order valence-electron chi connectivity index (χ1n) is 4.88. The smallest absolute Gasteiger partial charge is 0.321 e. The van der Waals surface area contributed by atoms with Crippen LogP contribution >= 0.6 is 11.8 Å². The van der Waals surface area contributed by atoms with Gasteiger partial charge in [0.15, 0.2) is 0 Å². The summed E-state index contributed by atoms with van der Waals surface area (Å²) in [5.74, 6) is -0.336. The fourth-order valence-corrected chi connectivity index (χ4v) is 1.71. The molecular weight excluding hydrogens is 234 g/mol. The molecule has 0 radical (unpaired) electrons. The number of hydrogen-bond donors (Lipinski definition) is 3. The number of carbonyl (C=O) groups is 1. The van der Waals surface area contributed by atoms with Crippen molar-refractivity contribution < 1.29 is 24.5 Å². The quantitative estimate of drug-likeness (QED) is 0.436. The van der Waals surface area contributed by atoms with E-state index in [1.54, 1.807) is 7.11 Å². The number of aliphatic hydroxyl groups excluding tert-OH is 1. The Kier molecular flexibility index (Phi) is 9.65. The van der Waals surface area contributed by atoms with Crippen molar-refractivity contribution in [3.05, 3.63) is 0 Å². The summed E-state index contributed by atoms with van der Waals surface area (Å²) in [6, 6.07) is -0.883. The molecule has 0 fully saturated rings. The number of carboxylic acid groups (broad SMARTS) is 1. The summed E-state index contributed by atoms with van der Waals surface area (Å²) in [4.78, 5) is 10.4. The summed E-state index contributed by atoms with van der Waals surface area (Å²) in [5.41, 5.74) is 5.29. The van der Waals surface area contributed by atoms with Gasteiger partial charge in [-0.05, 0) is 0 Å². The van der Waals surface area contributed by atoms with Crippen LogP contribution in [-0.2, 0) is 14.3 Å². The van der Waals surface area contributed by atoms with Gasteiger partial charge in [-0.1, -0.05) is 0 Å². The molecule has 0 aliphatic heterocycles. The zero-order valence-corrected chi connectivity index (χ0v) is 10.1. The molecular formula is C9H19NO5S. The van der Waals surface area contributed by atoms with Crippen LogP contribution in [-0.4, -0.2) is 66.8 Å². The number of thioether (sulfide) groups is 1. The summed E-state index contributed by atoms with van der Waals surface area (Å²) in [6.45, 7) is 1.15. The second-order valence-electron chi connectivity index (χ2n) is 3.20. The van der Waals surface area contributed by atoms with E-state index in [1.807, 2.05) is 0 Å². The lowest BCUT2D eigenvalue weighted by atomic mass is 10.4. The molecule has 0 amide bonds. The highest BCUT2D eigenvalue weighted by atomic mass is 32.2. The Hall–Kier alpha value is -0.340. The third-order valence-corrected chi connectivity index (χ3v) is 2.88. The van der Waals surface area contributed by atoms with Gasteiger partial charge in [0.1, 0.15) is 6.04 Å². The topological polar surface area (TPSA) is 102 Å². The maximum atomic E-state index is 10.4. The van der Waals surface area contributed by atoms with Crippen LogP contribution in [0.3, 0.4) is 0 Å². The molecule has 0 spiro atoms. The van der Waals surface area contributed by atoms with Gasteiger partial charge < -0.3 is 25.4 Å². The van der Waals surface area contributed by atoms with Crippen molar-refractivity contribution in [1.82, 2.24) is 0 Å². The van der Waals surface area contributed by atoms with E-state index in [4.69, 9.17) is 20.3 Å². The zero-order chi connectivity index (χ0) is 12.4. The lowest BCUT2D eigenvalue weighted by Crippen LogP contribution is -2.33. The third-order valence-electron chi connectivity index (χ3n) is 1.67. The molecule has 16 heavy (non-hydrogen) atoms. The van der Waals surface area contributed by atoms with E-state index in [0.717, 1.165) is 0 Å². The minimum Gasteiger partial charge on any atom is -0.480 e. The van der Waals surface area contributed by atoms with Gasteiger partial charge in [0, 0.05) is 18.6 Å². The number of aliphatic hydroxyl groups is 1. The van der Waals surface area contributed by atoms with Crippen molar-refractivity contribution in [2.24, 2.45) is 5.73 Å². The van der Waals surface area contributed by atoms with Gasteiger partial charge in [-0.2, -0.15) is 11.8 Å². The molecule has 0 bridgehead atoms. The summed E-state index contributed by atoms with van der Waals surface area (Å²) in [5, 5.41) is 17.9. The standard InChI is InChI=1S/C9H19NO5S/c1-14-2-3-15-4-7(11)5-16-6-8(10)9(12)13/h7-8,11H,2-6,10H2,1H3,(H,12,13)/t7?,8-/m1/s1. The molecule has 0 saturated carbocycles. The van der Waals surface area contributed by atoms with Crippen LogP contribution in [0.25, 0.3) is 0 Å². The zero-order valence-electron chi connectivity index (χ0n) is 9.30. The van der Waals surface area contributed by atoms with Crippen molar-refractivity contribution in [2.45, 2.75) is 12.1 Å². The first-order chi connectivity index (χ1) is 7.57. The summed E-state index contributed by atoms with van der Waals surface area (Å²) < 4.78 is 9.87. The van der Waals surface area contributed by atoms with Crippen LogP contribution in [0.1, 0.15) is 0 Å². The number of hydrogen-bond acceptors (Lipinski definition) is 6. The van der Waals surface area contributed by atoms with E-state index in [0.29, 0.717) is 19.0 Å². The van der Waals surface area contributed by atoms with Gasteiger partial charge in [-0.25, -0.2) is 0 Å². The van der Waals surface area contributed by atoms with E-state index in [1.165, 1.54) is 11.8 Å². The highest BCUT2D eigenvalue weighted by Crippen LogP contribution is 2.05. The minimum absolute atomic E-state index is 0.221. The lowest BCUT2D eigenvalue weighted by molar-refractivity contribution is -0.137. The van der Waals surface area contributed by atoms with Gasteiger partial charge in [0.05, 0.1) is 25.9 Å². The molecule has 4 N–H and O–H groups in total. The van der Waals surface area contributed by atoms with Crippen LogP contribution in [0.4, 0.5) is 0 Å². The summed E-state index contributed by atoms with van der Waals surface area (Å²) >= 11 is 1.29. The Balaban J connectivity index is 3.36. The van der Waals surface area contributed by atoms with Crippen LogP contribution in [0.15, 0.2) is 0 Å². The molecule has 0 aromatic rings. The van der Waals surface area contributed by atoms with Crippen molar-refractivity contribution in [3.8, 4) is 0 Å². The predicted octanol–water partition coefficient (Wildman–Crippen LogP) is -0.845. The van der Waals surface area contributed by atoms with Gasteiger partial charge in [-0.15, -0.1) is 0 Å². The van der Waals surface area contributed by atoms with Gasteiger partial charge >= 0.3 is 5.97 Å². The molecule has 6 nitrogen and oxygen atoms in total. The van der Waals surface area contributed by atoms with E-state index in [2.05, 4.69) is 0 Å². The maximum absolute atomic E-state index is 10.4. The Bertz CT molecular complexity index is 193. The number of aliphatic carboxylic acids is 1. The Morgan fingerprint density at radius 3 is 2.69 bits per heavy atom. The summed E-state index contributed by atoms with van der Waals surface area (Å²) in [6.07, 6.45) is -0.608. The molecule has 1 unspecified atom stereocenters. The van der Waals surface area contributed by atoms with E-state index in [-0.39, 0.29) is 12.4 Å². The predicted molar refractivity (Wildman–Crippen MR) is 61.6 cm³/mol. The second-order valence-corrected chi connectivity index (χ2v) is 4.28. The maximum Gasteiger partial charge on any atom is 0.321 e. The molecule has 0 heterocycles. The van der Waals surface area contributed by atoms with E-state index in [9.17, 15) is 9.90 Å². The van der Waals surface area contributed by atoms with Gasteiger partial charge in [0.2, 0.25) is 0 Å². The fourth-order valence-electron chi connectivity index (χ4n) is 0.812. The second kappa shape index (κ2) is 9.86. The first kappa shape index (κ1) is 15.7. The van der Waals surface area contributed by atoms with Crippen molar-refractivity contribution >= 4 is 17.7 Å². The SMILES string of the molecule is COCCOCC(O)CSC[C@@H](N)C(=O)O. The largest absolute Gasteiger partial charge is 0.480 e. The van der Waals surface area contributed by atoms with E-state index < -0.39 is 18.1 Å². The fraction of sp³-hybridized carbons (Fsp3) is 0.889. The Morgan fingerprint density at radius 1 is 1.44 bits per heavy atom. The molecule has 96 valence electrons. The third kappa shape index (κ3) is 8.93. The molecule has 0 aliphatic rings. The number of nitrogens with two attached hydrogens (primary N) is 1. The normalized spacial score (nSPS) is 14.7.